The summed E-state index contributed by atoms with van der Waals surface area (Å²) in [7, 11) is 1.78. The molecule has 1 aliphatic rings. The van der Waals surface area contributed by atoms with Gasteiger partial charge in [0.1, 0.15) is 11.6 Å². The Morgan fingerprint density at radius 3 is 2.28 bits per heavy atom. The highest BCUT2D eigenvalue weighted by Crippen LogP contribution is 2.16. The second kappa shape index (κ2) is 9.52. The summed E-state index contributed by atoms with van der Waals surface area (Å²) in [5, 5.41) is 0. The molecule has 1 heterocycles. The van der Waals surface area contributed by atoms with E-state index in [2.05, 4.69) is 4.90 Å². The second-order valence-electron chi connectivity index (χ2n) is 7.07. The first-order valence-electron chi connectivity index (χ1n) is 9.68. The number of para-hydroxylation sites is 1. The molecule has 1 atom stereocenters. The van der Waals surface area contributed by atoms with Gasteiger partial charge in [0.2, 0.25) is 5.91 Å². The first kappa shape index (κ1) is 20.8. The number of piperazine rings is 1. The number of anilines is 1. The average molecular weight is 399 g/mol. The van der Waals surface area contributed by atoms with E-state index in [0.29, 0.717) is 31.9 Å². The van der Waals surface area contributed by atoms with Crippen molar-refractivity contribution in [1.82, 2.24) is 9.80 Å². The quantitative estimate of drug-likeness (QED) is 0.749. The van der Waals surface area contributed by atoms with E-state index in [9.17, 15) is 14.0 Å². The lowest BCUT2D eigenvalue weighted by molar-refractivity contribution is -0.136. The van der Waals surface area contributed by atoms with Crippen LogP contribution in [0.2, 0.25) is 0 Å². The number of halogens is 1. The minimum Gasteiger partial charge on any atom is -0.484 e. The molecule has 0 spiro atoms. The lowest BCUT2D eigenvalue weighted by Gasteiger charge is -2.38. The molecule has 7 heteroatoms. The molecule has 29 heavy (non-hydrogen) atoms. The molecule has 1 unspecified atom stereocenters. The molecule has 0 radical (unpaired) electrons. The third kappa shape index (κ3) is 5.32. The Labute approximate surface area is 170 Å². The zero-order valence-corrected chi connectivity index (χ0v) is 16.8. The van der Waals surface area contributed by atoms with Gasteiger partial charge in [-0.15, -0.1) is 0 Å². The molecule has 2 aromatic rings. The van der Waals surface area contributed by atoms with E-state index in [1.54, 1.807) is 16.8 Å². The number of carbonyl (C=O) groups excluding carboxylic acids is 2. The molecule has 0 saturated carbocycles. The van der Waals surface area contributed by atoms with Crippen LogP contribution in [0.1, 0.15) is 6.92 Å². The predicted molar refractivity (Wildman–Crippen MR) is 109 cm³/mol. The molecule has 2 aromatic carbocycles. The molecule has 1 saturated heterocycles. The summed E-state index contributed by atoms with van der Waals surface area (Å²) in [6, 6.07) is 14.9. The number of carbonyl (C=O) groups is 2. The van der Waals surface area contributed by atoms with Crippen molar-refractivity contribution in [3.63, 3.8) is 0 Å². The zero-order chi connectivity index (χ0) is 20.8. The summed E-state index contributed by atoms with van der Waals surface area (Å²) < 4.78 is 18.4. The third-order valence-corrected chi connectivity index (χ3v) is 5.22. The minimum atomic E-state index is -0.346. The molecule has 6 nitrogen and oxygen atoms in total. The highest BCUT2D eigenvalue weighted by Gasteiger charge is 2.29. The van der Waals surface area contributed by atoms with Crippen LogP contribution >= 0.6 is 0 Å². The van der Waals surface area contributed by atoms with Crippen LogP contribution in [0.5, 0.6) is 5.75 Å². The monoisotopic (exact) mass is 399 g/mol. The van der Waals surface area contributed by atoms with E-state index >= 15 is 0 Å². The van der Waals surface area contributed by atoms with Crippen LogP contribution in [0.25, 0.3) is 0 Å². The maximum absolute atomic E-state index is 12.9. The van der Waals surface area contributed by atoms with Crippen molar-refractivity contribution >= 4 is 17.5 Å². The molecular weight excluding hydrogens is 373 g/mol. The summed E-state index contributed by atoms with van der Waals surface area (Å²) in [6.45, 7) is 4.14. The largest absolute Gasteiger partial charge is 0.484 e. The van der Waals surface area contributed by atoms with Gasteiger partial charge in [-0.3, -0.25) is 14.5 Å². The number of hydrogen-bond acceptors (Lipinski definition) is 4. The Morgan fingerprint density at radius 2 is 1.66 bits per heavy atom. The maximum Gasteiger partial charge on any atom is 0.260 e. The minimum absolute atomic E-state index is 0.0237. The van der Waals surface area contributed by atoms with Crippen LogP contribution in [-0.2, 0) is 9.59 Å². The van der Waals surface area contributed by atoms with Gasteiger partial charge >= 0.3 is 0 Å². The van der Waals surface area contributed by atoms with Gasteiger partial charge in [-0.05, 0) is 43.3 Å². The smallest absolute Gasteiger partial charge is 0.260 e. The molecular formula is C22H26FN3O3. The van der Waals surface area contributed by atoms with E-state index in [4.69, 9.17) is 4.74 Å². The highest BCUT2D eigenvalue weighted by molar-refractivity contribution is 5.96. The molecule has 0 aromatic heterocycles. The summed E-state index contributed by atoms with van der Waals surface area (Å²) in [6.07, 6.45) is 0. The predicted octanol–water partition coefficient (Wildman–Crippen LogP) is 2.40. The Hall–Kier alpha value is -2.93. The van der Waals surface area contributed by atoms with Gasteiger partial charge in [0.25, 0.3) is 5.91 Å². The first-order chi connectivity index (χ1) is 14.0. The fraction of sp³-hybridized carbons (Fsp3) is 0.364. The Morgan fingerprint density at radius 1 is 1.03 bits per heavy atom. The van der Waals surface area contributed by atoms with Crippen molar-refractivity contribution in [2.45, 2.75) is 13.0 Å². The molecule has 0 aliphatic carbocycles. The lowest BCUT2D eigenvalue weighted by atomic mass is 10.2. The fourth-order valence-electron chi connectivity index (χ4n) is 3.34. The van der Waals surface area contributed by atoms with E-state index < -0.39 is 0 Å². The van der Waals surface area contributed by atoms with Gasteiger partial charge in [0, 0.05) is 38.9 Å². The number of likely N-dealkylation sites (N-methyl/N-ethyl adjacent to an activating group) is 1. The topological polar surface area (TPSA) is 53.1 Å². The van der Waals surface area contributed by atoms with Crippen molar-refractivity contribution in [2.75, 3.05) is 44.7 Å². The van der Waals surface area contributed by atoms with Gasteiger partial charge in [0.15, 0.2) is 6.61 Å². The van der Waals surface area contributed by atoms with Crippen LogP contribution in [0.15, 0.2) is 54.6 Å². The van der Waals surface area contributed by atoms with Crippen LogP contribution < -0.4 is 9.64 Å². The molecule has 1 aliphatic heterocycles. The molecule has 0 bridgehead atoms. The van der Waals surface area contributed by atoms with Crippen LogP contribution in [0.3, 0.4) is 0 Å². The third-order valence-electron chi connectivity index (χ3n) is 5.22. The van der Waals surface area contributed by atoms with Gasteiger partial charge in [-0.25, -0.2) is 4.39 Å². The number of hydrogen-bond donors (Lipinski definition) is 0. The van der Waals surface area contributed by atoms with E-state index in [0.717, 1.165) is 5.69 Å². The van der Waals surface area contributed by atoms with E-state index in [-0.39, 0.29) is 30.3 Å². The van der Waals surface area contributed by atoms with Crippen LogP contribution in [0.4, 0.5) is 10.1 Å². The number of ether oxygens (including phenoxy) is 1. The van der Waals surface area contributed by atoms with Crippen LogP contribution in [-0.4, -0.2) is 67.5 Å². The molecule has 1 fully saturated rings. The van der Waals surface area contributed by atoms with Gasteiger partial charge in [0.05, 0.1) is 6.04 Å². The zero-order valence-electron chi connectivity index (χ0n) is 16.8. The van der Waals surface area contributed by atoms with Gasteiger partial charge in [-0.1, -0.05) is 18.2 Å². The average Bonchev–Trinajstić information content (AvgIpc) is 2.77. The summed E-state index contributed by atoms with van der Waals surface area (Å²) in [4.78, 5) is 30.7. The molecule has 3 rings (SSSR count). The Kier molecular flexibility index (Phi) is 6.82. The fourth-order valence-corrected chi connectivity index (χ4v) is 3.34. The van der Waals surface area contributed by atoms with Crippen molar-refractivity contribution < 1.29 is 18.7 Å². The van der Waals surface area contributed by atoms with Gasteiger partial charge in [-0.2, -0.15) is 0 Å². The van der Waals surface area contributed by atoms with E-state index in [1.165, 1.54) is 24.3 Å². The summed E-state index contributed by atoms with van der Waals surface area (Å²) >= 11 is 0. The van der Waals surface area contributed by atoms with Crippen molar-refractivity contribution in [2.24, 2.45) is 0 Å². The number of nitrogens with zero attached hydrogens (tertiary/aromatic N) is 3. The second-order valence-corrected chi connectivity index (χ2v) is 7.07. The van der Waals surface area contributed by atoms with Crippen LogP contribution in [0, 0.1) is 5.82 Å². The first-order valence-corrected chi connectivity index (χ1v) is 9.68. The number of amides is 2. The maximum atomic E-state index is 12.9. The van der Waals surface area contributed by atoms with Crippen molar-refractivity contribution in [3.05, 3.63) is 60.4 Å². The van der Waals surface area contributed by atoms with Gasteiger partial charge < -0.3 is 14.5 Å². The normalized spacial score (nSPS) is 15.6. The standard InChI is InChI=1S/C22H26FN3O3/c1-17(22(28)24(2)19-6-4-3-5-7-19)25-12-14-26(15-13-25)21(27)16-29-20-10-8-18(23)9-11-20/h3-11,17H,12-16H2,1-2H3. The molecule has 0 N–H and O–H groups in total. The summed E-state index contributed by atoms with van der Waals surface area (Å²) in [5.41, 5.74) is 0.858. The summed E-state index contributed by atoms with van der Waals surface area (Å²) in [5.74, 6) is 0.0212. The highest BCUT2D eigenvalue weighted by atomic mass is 19.1. The van der Waals surface area contributed by atoms with Crippen molar-refractivity contribution in [1.29, 1.82) is 0 Å². The SMILES string of the molecule is CC(C(=O)N(C)c1ccccc1)N1CCN(C(=O)COc2ccc(F)cc2)CC1. The van der Waals surface area contributed by atoms with Crippen molar-refractivity contribution in [3.8, 4) is 5.75 Å². The molecule has 2 amide bonds. The Balaban J connectivity index is 1.47. The number of benzene rings is 2. The lowest BCUT2D eigenvalue weighted by Crippen LogP contribution is -2.55. The van der Waals surface area contributed by atoms with E-state index in [1.807, 2.05) is 37.3 Å². The number of rotatable bonds is 6. The Bertz CT molecular complexity index is 821. The molecule has 154 valence electrons.